The predicted octanol–water partition coefficient (Wildman–Crippen LogP) is 3.46. The molecule has 0 radical (unpaired) electrons. The normalized spacial score (nSPS) is 24.1. The van der Waals surface area contributed by atoms with E-state index in [1.807, 2.05) is 16.7 Å². The molecular formula is C12H14BrClN2OS. The van der Waals surface area contributed by atoms with Crippen molar-refractivity contribution in [3.63, 3.8) is 0 Å². The Bertz CT molecular complexity index is 461. The van der Waals surface area contributed by atoms with Gasteiger partial charge < -0.3 is 4.90 Å². The molecular weight excluding hydrogens is 336 g/mol. The Labute approximate surface area is 124 Å². The Morgan fingerprint density at radius 2 is 2.11 bits per heavy atom. The van der Waals surface area contributed by atoms with Crippen molar-refractivity contribution in [1.29, 1.82) is 0 Å². The maximum Gasteiger partial charge on any atom is 0.257 e. The smallest absolute Gasteiger partial charge is 0.257 e. The van der Waals surface area contributed by atoms with E-state index in [9.17, 15) is 4.79 Å². The summed E-state index contributed by atoms with van der Waals surface area (Å²) >= 11 is 11.2. The molecule has 0 aromatic carbocycles. The van der Waals surface area contributed by atoms with Gasteiger partial charge in [-0.1, -0.05) is 25.4 Å². The molecule has 0 spiro atoms. The van der Waals surface area contributed by atoms with E-state index in [2.05, 4.69) is 34.8 Å². The molecule has 1 aromatic heterocycles. The average molecular weight is 350 g/mol. The molecule has 2 unspecified atom stereocenters. The summed E-state index contributed by atoms with van der Waals surface area (Å²) in [6.45, 7) is 5.80. The number of aromatic nitrogens is 1. The van der Waals surface area contributed by atoms with Crippen molar-refractivity contribution in [3.8, 4) is 0 Å². The third-order valence-corrected chi connectivity index (χ3v) is 4.71. The molecule has 98 valence electrons. The van der Waals surface area contributed by atoms with Gasteiger partial charge in [-0.2, -0.15) is 11.8 Å². The third kappa shape index (κ3) is 3.19. The van der Waals surface area contributed by atoms with Crippen LogP contribution in [-0.2, 0) is 0 Å². The lowest BCUT2D eigenvalue weighted by molar-refractivity contribution is 0.0753. The second-order valence-electron chi connectivity index (χ2n) is 4.46. The second kappa shape index (κ2) is 5.80. The summed E-state index contributed by atoms with van der Waals surface area (Å²) in [5.74, 6) is -0.0344. The fourth-order valence-corrected chi connectivity index (χ4v) is 3.93. The zero-order valence-electron chi connectivity index (χ0n) is 10.2. The van der Waals surface area contributed by atoms with E-state index in [1.165, 1.54) is 0 Å². The quantitative estimate of drug-likeness (QED) is 0.728. The number of nitrogens with zero attached hydrogens (tertiary/aromatic N) is 2. The van der Waals surface area contributed by atoms with E-state index >= 15 is 0 Å². The first-order chi connectivity index (χ1) is 8.47. The molecule has 0 aliphatic carbocycles. The summed E-state index contributed by atoms with van der Waals surface area (Å²) in [6.07, 6.45) is 1.59. The molecule has 2 rings (SSSR count). The molecule has 1 saturated heterocycles. The van der Waals surface area contributed by atoms with Gasteiger partial charge in [0.15, 0.2) is 0 Å². The molecule has 18 heavy (non-hydrogen) atoms. The van der Waals surface area contributed by atoms with Crippen molar-refractivity contribution >= 4 is 45.2 Å². The standard InChI is InChI=1S/C12H14BrClN2OS/c1-7-5-16(6-8(2)18-7)12(17)10-3-9(13)4-15-11(10)14/h3-4,7-8H,5-6H2,1-2H3. The summed E-state index contributed by atoms with van der Waals surface area (Å²) in [4.78, 5) is 18.3. The monoisotopic (exact) mass is 348 g/mol. The Morgan fingerprint density at radius 3 is 2.72 bits per heavy atom. The summed E-state index contributed by atoms with van der Waals surface area (Å²) < 4.78 is 0.766. The van der Waals surface area contributed by atoms with E-state index < -0.39 is 0 Å². The largest absolute Gasteiger partial charge is 0.336 e. The van der Waals surface area contributed by atoms with Gasteiger partial charge in [-0.05, 0) is 22.0 Å². The highest BCUT2D eigenvalue weighted by Crippen LogP contribution is 2.27. The van der Waals surface area contributed by atoms with Gasteiger partial charge in [0.1, 0.15) is 5.15 Å². The van der Waals surface area contributed by atoms with Crippen LogP contribution in [0.25, 0.3) is 0 Å². The number of carbonyl (C=O) groups excluding carboxylic acids is 1. The minimum absolute atomic E-state index is 0.0344. The lowest BCUT2D eigenvalue weighted by atomic mass is 10.2. The van der Waals surface area contributed by atoms with E-state index in [0.717, 1.165) is 17.6 Å². The van der Waals surface area contributed by atoms with Crippen molar-refractivity contribution < 1.29 is 4.79 Å². The zero-order chi connectivity index (χ0) is 13.3. The third-order valence-electron chi connectivity index (χ3n) is 2.74. The van der Waals surface area contributed by atoms with E-state index in [-0.39, 0.29) is 11.1 Å². The molecule has 1 amide bonds. The molecule has 0 saturated carbocycles. The predicted molar refractivity (Wildman–Crippen MR) is 79.4 cm³/mol. The number of thioether (sulfide) groups is 1. The summed E-state index contributed by atoms with van der Waals surface area (Å²) in [7, 11) is 0. The number of carbonyl (C=O) groups is 1. The summed E-state index contributed by atoms with van der Waals surface area (Å²) in [5.41, 5.74) is 0.470. The number of halogens is 2. The lowest BCUT2D eigenvalue weighted by Crippen LogP contribution is -2.44. The lowest BCUT2D eigenvalue weighted by Gasteiger charge is -2.34. The number of hydrogen-bond donors (Lipinski definition) is 0. The van der Waals surface area contributed by atoms with Gasteiger partial charge in [-0.15, -0.1) is 0 Å². The molecule has 2 heterocycles. The molecule has 0 bridgehead atoms. The first-order valence-electron chi connectivity index (χ1n) is 5.73. The molecule has 6 heteroatoms. The molecule has 1 fully saturated rings. The van der Waals surface area contributed by atoms with Crippen molar-refractivity contribution in [2.45, 2.75) is 24.3 Å². The highest BCUT2D eigenvalue weighted by atomic mass is 79.9. The van der Waals surface area contributed by atoms with Crippen molar-refractivity contribution in [2.75, 3.05) is 13.1 Å². The van der Waals surface area contributed by atoms with Crippen LogP contribution in [0.5, 0.6) is 0 Å². The van der Waals surface area contributed by atoms with Crippen molar-refractivity contribution in [3.05, 3.63) is 27.5 Å². The van der Waals surface area contributed by atoms with Gasteiger partial charge in [0, 0.05) is 34.3 Å². The summed E-state index contributed by atoms with van der Waals surface area (Å²) in [5, 5.41) is 1.18. The van der Waals surface area contributed by atoms with Crippen LogP contribution in [0.1, 0.15) is 24.2 Å². The Balaban J connectivity index is 2.22. The van der Waals surface area contributed by atoms with Gasteiger partial charge in [-0.25, -0.2) is 4.98 Å². The summed E-state index contributed by atoms with van der Waals surface area (Å²) in [6, 6.07) is 1.73. The maximum absolute atomic E-state index is 12.4. The highest BCUT2D eigenvalue weighted by Gasteiger charge is 2.27. The molecule has 2 atom stereocenters. The van der Waals surface area contributed by atoms with Crippen molar-refractivity contribution in [1.82, 2.24) is 9.88 Å². The first kappa shape index (κ1) is 14.2. The fraction of sp³-hybridized carbons (Fsp3) is 0.500. The van der Waals surface area contributed by atoms with Gasteiger partial charge in [0.05, 0.1) is 5.56 Å². The van der Waals surface area contributed by atoms with Gasteiger partial charge in [-0.3, -0.25) is 4.79 Å². The van der Waals surface area contributed by atoms with Crippen LogP contribution in [0.2, 0.25) is 5.15 Å². The number of hydrogen-bond acceptors (Lipinski definition) is 3. The van der Waals surface area contributed by atoms with E-state index in [4.69, 9.17) is 11.6 Å². The molecule has 1 aliphatic heterocycles. The molecule has 3 nitrogen and oxygen atoms in total. The molecule has 0 N–H and O–H groups in total. The van der Waals surface area contributed by atoms with Crippen LogP contribution in [0.15, 0.2) is 16.7 Å². The Kier molecular flexibility index (Phi) is 4.56. The first-order valence-corrected chi connectivity index (χ1v) is 7.84. The topological polar surface area (TPSA) is 33.2 Å². The van der Waals surface area contributed by atoms with Crippen LogP contribution >= 0.6 is 39.3 Å². The second-order valence-corrected chi connectivity index (χ2v) is 7.61. The average Bonchev–Trinajstić information content (AvgIpc) is 2.30. The van der Waals surface area contributed by atoms with Crippen LogP contribution in [0.4, 0.5) is 0 Å². The van der Waals surface area contributed by atoms with E-state index in [1.54, 1.807) is 12.3 Å². The van der Waals surface area contributed by atoms with Gasteiger partial charge in [0.2, 0.25) is 0 Å². The Morgan fingerprint density at radius 1 is 1.50 bits per heavy atom. The number of rotatable bonds is 1. The minimum Gasteiger partial charge on any atom is -0.336 e. The fourth-order valence-electron chi connectivity index (χ4n) is 2.09. The van der Waals surface area contributed by atoms with Crippen molar-refractivity contribution in [2.24, 2.45) is 0 Å². The SMILES string of the molecule is CC1CN(C(=O)c2cc(Br)cnc2Cl)CC(C)S1. The molecule has 1 aromatic rings. The number of pyridine rings is 1. The highest BCUT2D eigenvalue weighted by molar-refractivity contribution is 9.10. The van der Waals surface area contributed by atoms with Crippen LogP contribution in [0, 0.1) is 0 Å². The van der Waals surface area contributed by atoms with Crippen LogP contribution < -0.4 is 0 Å². The van der Waals surface area contributed by atoms with Gasteiger partial charge >= 0.3 is 0 Å². The number of amides is 1. The molecule has 1 aliphatic rings. The van der Waals surface area contributed by atoms with Gasteiger partial charge in [0.25, 0.3) is 5.91 Å². The van der Waals surface area contributed by atoms with E-state index in [0.29, 0.717) is 16.1 Å². The van der Waals surface area contributed by atoms with Crippen LogP contribution in [0.3, 0.4) is 0 Å². The van der Waals surface area contributed by atoms with Crippen LogP contribution in [-0.4, -0.2) is 39.4 Å². The maximum atomic E-state index is 12.4. The minimum atomic E-state index is -0.0344. The zero-order valence-corrected chi connectivity index (χ0v) is 13.3. The Hall–Kier alpha value is -0.260.